The van der Waals surface area contributed by atoms with Crippen molar-refractivity contribution in [3.05, 3.63) is 80.7 Å². The molecule has 0 atom stereocenters. The van der Waals surface area contributed by atoms with Gasteiger partial charge in [0, 0.05) is 27.1 Å². The number of amides is 1. The van der Waals surface area contributed by atoms with Gasteiger partial charge in [0.15, 0.2) is 0 Å². The van der Waals surface area contributed by atoms with Gasteiger partial charge in [0.05, 0.1) is 6.61 Å². The number of thiophene rings is 1. The second kappa shape index (κ2) is 9.94. The van der Waals surface area contributed by atoms with Crippen molar-refractivity contribution in [2.75, 3.05) is 11.9 Å². The normalized spacial score (nSPS) is 10.9. The molecule has 4 nitrogen and oxygen atoms in total. The third-order valence-electron chi connectivity index (χ3n) is 4.25. The monoisotopic (exact) mass is 459 g/mol. The maximum Gasteiger partial charge on any atom is 0.341 e. The summed E-state index contributed by atoms with van der Waals surface area (Å²) in [6.07, 6.45) is 2.95. The second-order valence-corrected chi connectivity index (χ2v) is 8.15. The highest BCUT2D eigenvalue weighted by Crippen LogP contribution is 2.36. The number of carbonyl (C=O) groups excluding carboxylic acids is 2. The lowest BCUT2D eigenvalue weighted by Crippen LogP contribution is -2.12. The number of hydrogen-bond donors (Lipinski definition) is 1. The minimum atomic E-state index is -0.477. The zero-order chi connectivity index (χ0) is 21.7. The molecular weight excluding hydrogens is 441 g/mol. The number of aryl methyl sites for hydroxylation is 1. The SMILES string of the molecule is CCOC(=O)c1c(-c2ccc(C)cc2)csc1NC(=O)C=Cc1ccc(Cl)cc1Cl. The number of esters is 1. The second-order valence-electron chi connectivity index (χ2n) is 6.43. The summed E-state index contributed by atoms with van der Waals surface area (Å²) in [5, 5.41) is 6.00. The zero-order valence-electron chi connectivity index (χ0n) is 16.4. The van der Waals surface area contributed by atoms with Gasteiger partial charge in [0.1, 0.15) is 10.6 Å². The summed E-state index contributed by atoms with van der Waals surface area (Å²) in [6.45, 7) is 3.98. The predicted molar refractivity (Wildman–Crippen MR) is 125 cm³/mol. The average molecular weight is 460 g/mol. The lowest BCUT2D eigenvalue weighted by molar-refractivity contribution is -0.111. The number of ether oxygens (including phenoxy) is 1. The first-order valence-electron chi connectivity index (χ1n) is 9.18. The topological polar surface area (TPSA) is 55.4 Å². The molecule has 1 heterocycles. The number of anilines is 1. The molecule has 0 fully saturated rings. The van der Waals surface area contributed by atoms with Crippen molar-refractivity contribution in [1.82, 2.24) is 0 Å². The summed E-state index contributed by atoms with van der Waals surface area (Å²) in [5.74, 6) is -0.863. The Morgan fingerprint density at radius 3 is 2.53 bits per heavy atom. The summed E-state index contributed by atoms with van der Waals surface area (Å²) >= 11 is 13.3. The smallest absolute Gasteiger partial charge is 0.341 e. The number of carbonyl (C=O) groups is 2. The minimum Gasteiger partial charge on any atom is -0.462 e. The number of nitrogens with one attached hydrogen (secondary N) is 1. The van der Waals surface area contributed by atoms with E-state index >= 15 is 0 Å². The Balaban J connectivity index is 1.87. The molecule has 154 valence electrons. The average Bonchev–Trinajstić information content (AvgIpc) is 3.11. The number of hydrogen-bond acceptors (Lipinski definition) is 4. The fourth-order valence-electron chi connectivity index (χ4n) is 2.76. The first-order valence-corrected chi connectivity index (χ1v) is 10.8. The molecule has 0 aliphatic rings. The molecule has 0 saturated heterocycles. The molecule has 30 heavy (non-hydrogen) atoms. The maximum absolute atomic E-state index is 12.6. The van der Waals surface area contributed by atoms with Gasteiger partial charge < -0.3 is 10.1 Å². The molecule has 1 amide bonds. The zero-order valence-corrected chi connectivity index (χ0v) is 18.7. The van der Waals surface area contributed by atoms with E-state index in [1.54, 1.807) is 31.2 Å². The number of rotatable bonds is 6. The van der Waals surface area contributed by atoms with Gasteiger partial charge in [-0.15, -0.1) is 11.3 Å². The standard InChI is InChI=1S/C23H19Cl2NO3S/c1-3-29-23(28)21-18(15-6-4-14(2)5-7-15)13-30-22(21)26-20(27)11-9-16-8-10-17(24)12-19(16)25/h4-13H,3H2,1-2H3,(H,26,27). The molecule has 3 aromatic rings. The molecular formula is C23H19Cl2NO3S. The quantitative estimate of drug-likeness (QED) is 0.323. The van der Waals surface area contributed by atoms with Crippen LogP contribution in [-0.4, -0.2) is 18.5 Å². The van der Waals surface area contributed by atoms with E-state index in [-0.39, 0.29) is 12.5 Å². The van der Waals surface area contributed by atoms with Crippen LogP contribution in [0.2, 0.25) is 10.0 Å². The van der Waals surface area contributed by atoms with Crippen LogP contribution in [0.15, 0.2) is 53.9 Å². The summed E-state index contributed by atoms with van der Waals surface area (Å²) in [4.78, 5) is 25.1. The van der Waals surface area contributed by atoms with Crippen LogP contribution >= 0.6 is 34.5 Å². The molecule has 3 rings (SSSR count). The van der Waals surface area contributed by atoms with Gasteiger partial charge in [-0.05, 0) is 43.2 Å². The van der Waals surface area contributed by atoms with Gasteiger partial charge in [-0.1, -0.05) is 59.1 Å². The van der Waals surface area contributed by atoms with Crippen LogP contribution in [0.1, 0.15) is 28.4 Å². The molecule has 1 aromatic heterocycles. The van der Waals surface area contributed by atoms with E-state index in [1.807, 2.05) is 36.6 Å². The van der Waals surface area contributed by atoms with Crippen LogP contribution in [0.5, 0.6) is 0 Å². The highest BCUT2D eigenvalue weighted by atomic mass is 35.5. The van der Waals surface area contributed by atoms with Crippen molar-refractivity contribution in [2.24, 2.45) is 0 Å². The molecule has 0 saturated carbocycles. The number of halogens is 2. The fourth-order valence-corrected chi connectivity index (χ4v) is 4.19. The Labute approximate surface area is 189 Å². The highest BCUT2D eigenvalue weighted by Gasteiger charge is 2.22. The summed E-state index contributed by atoms with van der Waals surface area (Å²) < 4.78 is 5.22. The van der Waals surface area contributed by atoms with Gasteiger partial charge in [-0.2, -0.15) is 0 Å². The van der Waals surface area contributed by atoms with Gasteiger partial charge in [-0.3, -0.25) is 4.79 Å². The van der Waals surface area contributed by atoms with Crippen molar-refractivity contribution < 1.29 is 14.3 Å². The molecule has 1 N–H and O–H groups in total. The van der Waals surface area contributed by atoms with E-state index in [4.69, 9.17) is 27.9 Å². The maximum atomic E-state index is 12.6. The van der Waals surface area contributed by atoms with Crippen molar-refractivity contribution in [3.63, 3.8) is 0 Å². The van der Waals surface area contributed by atoms with E-state index in [0.717, 1.165) is 16.7 Å². The molecule has 2 aromatic carbocycles. The Bertz CT molecular complexity index is 1100. The molecule has 0 unspecified atom stereocenters. The van der Waals surface area contributed by atoms with Crippen molar-refractivity contribution in [3.8, 4) is 11.1 Å². The summed E-state index contributed by atoms with van der Waals surface area (Å²) in [5.41, 5.74) is 3.72. The third-order valence-corrected chi connectivity index (χ3v) is 5.70. The Morgan fingerprint density at radius 1 is 1.13 bits per heavy atom. The van der Waals surface area contributed by atoms with Crippen LogP contribution in [-0.2, 0) is 9.53 Å². The molecule has 0 radical (unpaired) electrons. The molecule has 0 aliphatic carbocycles. The van der Waals surface area contributed by atoms with Gasteiger partial charge in [-0.25, -0.2) is 4.79 Å². The van der Waals surface area contributed by atoms with Crippen LogP contribution in [0.3, 0.4) is 0 Å². The van der Waals surface area contributed by atoms with E-state index in [1.165, 1.54) is 17.4 Å². The molecule has 7 heteroatoms. The van der Waals surface area contributed by atoms with Gasteiger partial charge >= 0.3 is 5.97 Å². The molecule has 0 spiro atoms. The van der Waals surface area contributed by atoms with Gasteiger partial charge in [0.25, 0.3) is 0 Å². The van der Waals surface area contributed by atoms with E-state index in [2.05, 4.69) is 5.32 Å². The number of benzene rings is 2. The lowest BCUT2D eigenvalue weighted by atomic mass is 10.0. The van der Waals surface area contributed by atoms with Crippen molar-refractivity contribution in [2.45, 2.75) is 13.8 Å². The van der Waals surface area contributed by atoms with E-state index in [9.17, 15) is 9.59 Å². The Morgan fingerprint density at radius 2 is 1.87 bits per heavy atom. The van der Waals surface area contributed by atoms with E-state index in [0.29, 0.717) is 26.2 Å². The fraction of sp³-hybridized carbons (Fsp3) is 0.130. The molecule has 0 aliphatic heterocycles. The summed E-state index contributed by atoms with van der Waals surface area (Å²) in [6, 6.07) is 12.8. The van der Waals surface area contributed by atoms with Crippen molar-refractivity contribution in [1.29, 1.82) is 0 Å². The largest absolute Gasteiger partial charge is 0.462 e. The lowest BCUT2D eigenvalue weighted by Gasteiger charge is -2.08. The molecule has 0 bridgehead atoms. The predicted octanol–water partition coefficient (Wildman–Crippen LogP) is 6.86. The first kappa shape index (κ1) is 22.1. The first-order chi connectivity index (χ1) is 14.4. The van der Waals surface area contributed by atoms with E-state index < -0.39 is 5.97 Å². The Hall–Kier alpha value is -2.60. The van der Waals surface area contributed by atoms with Gasteiger partial charge in [0.2, 0.25) is 5.91 Å². The Kier molecular flexibility index (Phi) is 7.32. The van der Waals surface area contributed by atoms with Crippen LogP contribution < -0.4 is 5.32 Å². The summed E-state index contributed by atoms with van der Waals surface area (Å²) in [7, 11) is 0. The van der Waals surface area contributed by atoms with Crippen LogP contribution in [0.25, 0.3) is 17.2 Å². The van der Waals surface area contributed by atoms with Crippen LogP contribution in [0.4, 0.5) is 5.00 Å². The van der Waals surface area contributed by atoms with Crippen LogP contribution in [0, 0.1) is 6.92 Å². The van der Waals surface area contributed by atoms with Crippen molar-refractivity contribution >= 4 is 57.5 Å². The minimum absolute atomic E-state index is 0.240. The highest BCUT2D eigenvalue weighted by molar-refractivity contribution is 7.15. The third kappa shape index (κ3) is 5.30.